The highest BCUT2D eigenvalue weighted by molar-refractivity contribution is 5.79. The molecule has 1 saturated heterocycles. The summed E-state index contributed by atoms with van der Waals surface area (Å²) >= 11 is 0. The highest BCUT2D eigenvalue weighted by Gasteiger charge is 2.23. The normalized spacial score (nSPS) is 13.8. The number of benzene rings is 3. The SMILES string of the molecule is COc1ccc(C(NC(=O)CN2CCN(c3ccc(C#N)cc3F)CC2)c2ccc(OC)cc2)cc1. The highest BCUT2D eigenvalue weighted by atomic mass is 19.1. The molecule has 0 unspecified atom stereocenters. The number of carbonyl (C=O) groups is 1. The molecule has 1 aliphatic rings. The number of nitrogens with one attached hydrogen (secondary N) is 1. The maximum absolute atomic E-state index is 14.4. The Morgan fingerprint density at radius 3 is 1.97 bits per heavy atom. The molecule has 0 atom stereocenters. The molecule has 36 heavy (non-hydrogen) atoms. The van der Waals surface area contributed by atoms with Gasteiger partial charge in [-0.3, -0.25) is 9.69 Å². The average Bonchev–Trinajstić information content (AvgIpc) is 2.92. The molecule has 4 rings (SSSR count). The first-order valence-corrected chi connectivity index (χ1v) is 11.7. The number of hydrogen-bond donors (Lipinski definition) is 1. The average molecular weight is 489 g/mol. The van der Waals surface area contributed by atoms with Gasteiger partial charge >= 0.3 is 0 Å². The molecule has 0 radical (unpaired) electrons. The van der Waals surface area contributed by atoms with Gasteiger partial charge < -0.3 is 19.7 Å². The number of rotatable bonds is 8. The Morgan fingerprint density at radius 1 is 0.944 bits per heavy atom. The van der Waals surface area contributed by atoms with Gasteiger partial charge in [0.05, 0.1) is 44.1 Å². The van der Waals surface area contributed by atoms with Crippen LogP contribution in [0.25, 0.3) is 0 Å². The summed E-state index contributed by atoms with van der Waals surface area (Å²) in [6, 6.07) is 21.4. The molecule has 0 saturated carbocycles. The quantitative estimate of drug-likeness (QED) is 0.521. The molecule has 1 amide bonds. The van der Waals surface area contributed by atoms with Gasteiger partial charge in [-0.2, -0.15) is 5.26 Å². The van der Waals surface area contributed by atoms with Crippen molar-refractivity contribution in [1.29, 1.82) is 5.26 Å². The molecule has 8 heteroatoms. The van der Waals surface area contributed by atoms with Crippen LogP contribution in [0.4, 0.5) is 10.1 Å². The van der Waals surface area contributed by atoms with Crippen LogP contribution in [0.1, 0.15) is 22.7 Å². The zero-order valence-corrected chi connectivity index (χ0v) is 20.4. The van der Waals surface area contributed by atoms with Crippen LogP contribution in [0.2, 0.25) is 0 Å². The number of anilines is 1. The lowest BCUT2D eigenvalue weighted by atomic mass is 9.98. The maximum Gasteiger partial charge on any atom is 0.234 e. The minimum absolute atomic E-state index is 0.0929. The summed E-state index contributed by atoms with van der Waals surface area (Å²) in [4.78, 5) is 17.1. The lowest BCUT2D eigenvalue weighted by Crippen LogP contribution is -2.50. The molecule has 1 heterocycles. The Kier molecular flexibility index (Phi) is 8.03. The summed E-state index contributed by atoms with van der Waals surface area (Å²) in [5.74, 6) is 0.997. The molecule has 1 N–H and O–H groups in total. The summed E-state index contributed by atoms with van der Waals surface area (Å²) < 4.78 is 25.0. The third-order valence-corrected chi connectivity index (χ3v) is 6.36. The van der Waals surface area contributed by atoms with Crippen LogP contribution < -0.4 is 19.7 Å². The lowest BCUT2D eigenvalue weighted by Gasteiger charge is -2.36. The zero-order valence-electron chi connectivity index (χ0n) is 20.4. The van der Waals surface area contributed by atoms with Gasteiger partial charge in [-0.1, -0.05) is 24.3 Å². The van der Waals surface area contributed by atoms with E-state index in [1.54, 1.807) is 26.4 Å². The molecule has 3 aromatic carbocycles. The van der Waals surface area contributed by atoms with Crippen LogP contribution in [-0.2, 0) is 4.79 Å². The van der Waals surface area contributed by atoms with E-state index < -0.39 is 5.82 Å². The number of halogens is 1. The van der Waals surface area contributed by atoms with Crippen molar-refractivity contribution >= 4 is 11.6 Å². The maximum atomic E-state index is 14.4. The Morgan fingerprint density at radius 2 is 1.50 bits per heavy atom. The fraction of sp³-hybridized carbons (Fsp3) is 0.286. The smallest absolute Gasteiger partial charge is 0.234 e. The second-order valence-electron chi connectivity index (χ2n) is 8.59. The Labute approximate surface area is 210 Å². The molecule has 0 aromatic heterocycles. The van der Waals surface area contributed by atoms with Gasteiger partial charge in [0, 0.05) is 26.2 Å². The number of nitriles is 1. The summed E-state index contributed by atoms with van der Waals surface area (Å²) in [6.45, 7) is 2.69. The van der Waals surface area contributed by atoms with Gasteiger partial charge in [0.2, 0.25) is 5.91 Å². The van der Waals surface area contributed by atoms with Crippen LogP contribution in [-0.4, -0.2) is 57.8 Å². The van der Waals surface area contributed by atoms with Gasteiger partial charge in [-0.25, -0.2) is 4.39 Å². The van der Waals surface area contributed by atoms with Gasteiger partial charge in [0.1, 0.15) is 17.3 Å². The van der Waals surface area contributed by atoms with Gasteiger partial charge in [0.25, 0.3) is 0 Å². The zero-order chi connectivity index (χ0) is 25.5. The Bertz CT molecular complexity index is 1170. The second kappa shape index (κ2) is 11.6. The Hall–Kier alpha value is -4.09. The monoisotopic (exact) mass is 488 g/mol. The standard InChI is InChI=1S/C28H29FN4O3/c1-35-23-8-4-21(5-9-23)28(22-6-10-24(36-2)11-7-22)31-27(34)19-32-13-15-33(16-14-32)26-12-3-20(18-30)17-25(26)29/h3-12,17,28H,13-16,19H2,1-2H3,(H,31,34). The highest BCUT2D eigenvalue weighted by Crippen LogP contribution is 2.26. The van der Waals surface area contributed by atoms with Gasteiger partial charge in [0.15, 0.2) is 0 Å². The van der Waals surface area contributed by atoms with E-state index in [1.165, 1.54) is 6.07 Å². The van der Waals surface area contributed by atoms with E-state index in [9.17, 15) is 9.18 Å². The number of ether oxygens (including phenoxy) is 2. The van der Waals surface area contributed by atoms with E-state index in [2.05, 4.69) is 10.2 Å². The van der Waals surface area contributed by atoms with E-state index in [4.69, 9.17) is 14.7 Å². The second-order valence-corrected chi connectivity index (χ2v) is 8.59. The van der Waals surface area contributed by atoms with Crippen molar-refractivity contribution in [1.82, 2.24) is 10.2 Å². The molecular weight excluding hydrogens is 459 g/mol. The van der Waals surface area contributed by atoms with Crippen molar-refractivity contribution < 1.29 is 18.7 Å². The van der Waals surface area contributed by atoms with Crippen LogP contribution in [0.5, 0.6) is 11.5 Å². The van der Waals surface area contributed by atoms with E-state index in [0.717, 1.165) is 22.6 Å². The molecule has 3 aromatic rings. The number of amides is 1. The number of carbonyl (C=O) groups excluding carboxylic acids is 1. The minimum Gasteiger partial charge on any atom is -0.497 e. The summed E-state index contributed by atoms with van der Waals surface area (Å²) in [7, 11) is 3.24. The molecule has 186 valence electrons. The predicted octanol–water partition coefficient (Wildman–Crippen LogP) is 3.74. The number of piperazine rings is 1. The summed E-state index contributed by atoms with van der Waals surface area (Å²) in [6.07, 6.45) is 0. The molecule has 1 aliphatic heterocycles. The first-order chi connectivity index (χ1) is 17.5. The van der Waals surface area contributed by atoms with Crippen LogP contribution in [0.15, 0.2) is 66.7 Å². The summed E-state index contributed by atoms with van der Waals surface area (Å²) in [5.41, 5.74) is 2.66. The van der Waals surface area contributed by atoms with Crippen LogP contribution in [0, 0.1) is 17.1 Å². The van der Waals surface area contributed by atoms with Crippen molar-refractivity contribution in [3.63, 3.8) is 0 Å². The molecular formula is C28H29FN4O3. The van der Waals surface area contributed by atoms with Crippen molar-refractivity contribution in [2.24, 2.45) is 0 Å². The van der Waals surface area contributed by atoms with Crippen molar-refractivity contribution in [3.05, 3.63) is 89.2 Å². The first-order valence-electron chi connectivity index (χ1n) is 11.7. The van der Waals surface area contributed by atoms with E-state index in [0.29, 0.717) is 37.4 Å². The van der Waals surface area contributed by atoms with E-state index in [-0.39, 0.29) is 18.5 Å². The lowest BCUT2D eigenvalue weighted by molar-refractivity contribution is -0.122. The van der Waals surface area contributed by atoms with Crippen molar-refractivity contribution in [2.45, 2.75) is 6.04 Å². The van der Waals surface area contributed by atoms with Crippen LogP contribution in [0.3, 0.4) is 0 Å². The third kappa shape index (κ3) is 5.93. The van der Waals surface area contributed by atoms with Gasteiger partial charge in [-0.05, 0) is 53.6 Å². The molecule has 0 spiro atoms. The molecule has 7 nitrogen and oxygen atoms in total. The number of hydrogen-bond acceptors (Lipinski definition) is 6. The fourth-order valence-corrected chi connectivity index (χ4v) is 4.34. The molecule has 1 fully saturated rings. The summed E-state index contributed by atoms with van der Waals surface area (Å²) in [5, 5.41) is 12.1. The van der Waals surface area contributed by atoms with E-state index in [1.807, 2.05) is 59.5 Å². The number of methoxy groups -OCH3 is 2. The van der Waals surface area contributed by atoms with Gasteiger partial charge in [-0.15, -0.1) is 0 Å². The Balaban J connectivity index is 1.40. The number of nitrogens with zero attached hydrogens (tertiary/aromatic N) is 3. The van der Waals surface area contributed by atoms with Crippen molar-refractivity contribution in [2.75, 3.05) is 51.8 Å². The minimum atomic E-state index is -0.401. The molecule has 0 bridgehead atoms. The molecule has 0 aliphatic carbocycles. The first kappa shape index (κ1) is 25.0. The topological polar surface area (TPSA) is 77.8 Å². The van der Waals surface area contributed by atoms with E-state index >= 15 is 0 Å². The third-order valence-electron chi connectivity index (χ3n) is 6.36. The largest absolute Gasteiger partial charge is 0.497 e. The predicted molar refractivity (Wildman–Crippen MR) is 136 cm³/mol. The van der Waals surface area contributed by atoms with Crippen LogP contribution >= 0.6 is 0 Å². The fourth-order valence-electron chi connectivity index (χ4n) is 4.34. The van der Waals surface area contributed by atoms with Crippen molar-refractivity contribution in [3.8, 4) is 17.6 Å².